The predicted molar refractivity (Wildman–Crippen MR) is 70.8 cm³/mol. The summed E-state index contributed by atoms with van der Waals surface area (Å²) in [6, 6.07) is 5.42. The Kier molecular flexibility index (Phi) is 4.95. The van der Waals surface area contributed by atoms with Crippen LogP contribution in [-0.2, 0) is 19.0 Å². The van der Waals surface area contributed by atoms with E-state index in [0.29, 0.717) is 12.3 Å². The standard InChI is InChI=1S/C14H16F3N3O/c1-18-8-4-7-13-19-12(20-21-13)9-10-5-2-3-6-11(10)14(15,16)17/h2-3,5-6,18H,4,7-9H2,1H3. The van der Waals surface area contributed by atoms with Crippen LogP contribution in [0.5, 0.6) is 0 Å². The number of hydrogen-bond donors (Lipinski definition) is 1. The Morgan fingerprint density at radius 1 is 1.24 bits per heavy atom. The molecule has 0 bridgehead atoms. The van der Waals surface area contributed by atoms with Crippen molar-refractivity contribution in [1.29, 1.82) is 0 Å². The number of aromatic nitrogens is 2. The molecule has 1 N–H and O–H groups in total. The van der Waals surface area contributed by atoms with E-state index in [-0.39, 0.29) is 17.8 Å². The van der Waals surface area contributed by atoms with Crippen molar-refractivity contribution >= 4 is 0 Å². The normalized spacial score (nSPS) is 11.8. The molecule has 2 aromatic rings. The molecule has 0 aliphatic carbocycles. The minimum Gasteiger partial charge on any atom is -0.339 e. The van der Waals surface area contributed by atoms with E-state index in [9.17, 15) is 13.2 Å². The van der Waals surface area contributed by atoms with E-state index in [0.717, 1.165) is 19.0 Å². The molecule has 0 aliphatic rings. The topological polar surface area (TPSA) is 51.0 Å². The Hall–Kier alpha value is -1.89. The van der Waals surface area contributed by atoms with Gasteiger partial charge in [-0.1, -0.05) is 23.4 Å². The largest absolute Gasteiger partial charge is 0.416 e. The van der Waals surface area contributed by atoms with E-state index >= 15 is 0 Å². The molecule has 114 valence electrons. The van der Waals surface area contributed by atoms with Gasteiger partial charge in [-0.15, -0.1) is 0 Å². The maximum absolute atomic E-state index is 12.9. The number of rotatable bonds is 6. The van der Waals surface area contributed by atoms with Gasteiger partial charge < -0.3 is 9.84 Å². The lowest BCUT2D eigenvalue weighted by Crippen LogP contribution is -2.09. The van der Waals surface area contributed by atoms with E-state index in [2.05, 4.69) is 15.5 Å². The highest BCUT2D eigenvalue weighted by Crippen LogP contribution is 2.32. The Balaban J connectivity index is 2.09. The number of halogens is 3. The van der Waals surface area contributed by atoms with Crippen molar-refractivity contribution in [3.8, 4) is 0 Å². The summed E-state index contributed by atoms with van der Waals surface area (Å²) in [6.07, 6.45) is -2.94. The maximum atomic E-state index is 12.9. The van der Waals surface area contributed by atoms with Crippen LogP contribution in [0.25, 0.3) is 0 Å². The van der Waals surface area contributed by atoms with Crippen molar-refractivity contribution in [3.05, 3.63) is 47.1 Å². The number of alkyl halides is 3. The van der Waals surface area contributed by atoms with Crippen molar-refractivity contribution < 1.29 is 17.7 Å². The second-order valence-electron chi connectivity index (χ2n) is 4.64. The minimum absolute atomic E-state index is 0.00517. The molecule has 1 heterocycles. The Morgan fingerprint density at radius 2 is 2.00 bits per heavy atom. The van der Waals surface area contributed by atoms with Crippen LogP contribution in [0.2, 0.25) is 0 Å². The summed E-state index contributed by atoms with van der Waals surface area (Å²) in [5.74, 6) is 0.718. The van der Waals surface area contributed by atoms with Gasteiger partial charge in [-0.2, -0.15) is 18.2 Å². The molecule has 0 fully saturated rings. The van der Waals surface area contributed by atoms with Gasteiger partial charge in [0.1, 0.15) is 0 Å². The molecule has 21 heavy (non-hydrogen) atoms. The predicted octanol–water partition coefficient (Wildman–Crippen LogP) is 2.83. The summed E-state index contributed by atoms with van der Waals surface area (Å²) >= 11 is 0. The highest BCUT2D eigenvalue weighted by Gasteiger charge is 2.33. The van der Waals surface area contributed by atoms with Crippen molar-refractivity contribution in [2.75, 3.05) is 13.6 Å². The third-order valence-corrected chi connectivity index (χ3v) is 3.00. The van der Waals surface area contributed by atoms with E-state index in [1.807, 2.05) is 7.05 Å². The van der Waals surface area contributed by atoms with Gasteiger partial charge >= 0.3 is 6.18 Å². The van der Waals surface area contributed by atoms with Gasteiger partial charge in [0.25, 0.3) is 0 Å². The fraction of sp³-hybridized carbons (Fsp3) is 0.429. The highest BCUT2D eigenvalue weighted by atomic mass is 19.4. The van der Waals surface area contributed by atoms with Crippen LogP contribution < -0.4 is 5.32 Å². The highest BCUT2D eigenvalue weighted by molar-refractivity contribution is 5.31. The number of nitrogens with zero attached hydrogens (tertiary/aromatic N) is 2. The molecular formula is C14H16F3N3O. The van der Waals surface area contributed by atoms with Crippen LogP contribution in [0.4, 0.5) is 13.2 Å². The molecule has 0 aliphatic heterocycles. The fourth-order valence-electron chi connectivity index (χ4n) is 2.00. The molecule has 0 atom stereocenters. The fourth-order valence-corrected chi connectivity index (χ4v) is 2.00. The van der Waals surface area contributed by atoms with Crippen LogP contribution >= 0.6 is 0 Å². The molecule has 0 saturated carbocycles. The molecule has 2 rings (SSSR count). The molecule has 0 amide bonds. The van der Waals surface area contributed by atoms with Gasteiger partial charge in [0.15, 0.2) is 5.82 Å². The first-order valence-electron chi connectivity index (χ1n) is 6.62. The monoisotopic (exact) mass is 299 g/mol. The number of nitrogens with one attached hydrogen (secondary N) is 1. The zero-order valence-electron chi connectivity index (χ0n) is 11.6. The third kappa shape index (κ3) is 4.29. The van der Waals surface area contributed by atoms with Crippen LogP contribution in [0.15, 0.2) is 28.8 Å². The first-order chi connectivity index (χ1) is 10.0. The van der Waals surface area contributed by atoms with Crippen LogP contribution in [-0.4, -0.2) is 23.7 Å². The Morgan fingerprint density at radius 3 is 2.71 bits per heavy atom. The van der Waals surface area contributed by atoms with E-state index in [1.54, 1.807) is 6.07 Å². The lowest BCUT2D eigenvalue weighted by molar-refractivity contribution is -0.138. The zero-order chi connectivity index (χ0) is 15.3. The summed E-state index contributed by atoms with van der Waals surface area (Å²) in [5, 5.41) is 6.73. The van der Waals surface area contributed by atoms with Crippen molar-refractivity contribution in [3.63, 3.8) is 0 Å². The van der Waals surface area contributed by atoms with E-state index in [4.69, 9.17) is 4.52 Å². The molecule has 1 aromatic heterocycles. The van der Waals surface area contributed by atoms with Gasteiger partial charge in [-0.3, -0.25) is 0 Å². The van der Waals surface area contributed by atoms with Gasteiger partial charge in [-0.25, -0.2) is 0 Å². The maximum Gasteiger partial charge on any atom is 0.416 e. The molecule has 0 unspecified atom stereocenters. The molecule has 0 spiro atoms. The molecule has 7 heteroatoms. The third-order valence-electron chi connectivity index (χ3n) is 3.00. The Bertz CT molecular complexity index is 581. The van der Waals surface area contributed by atoms with Crippen LogP contribution in [0.3, 0.4) is 0 Å². The molecule has 0 radical (unpaired) electrons. The van der Waals surface area contributed by atoms with Crippen molar-refractivity contribution in [2.45, 2.75) is 25.4 Å². The van der Waals surface area contributed by atoms with Crippen molar-refractivity contribution in [1.82, 2.24) is 15.5 Å². The number of benzene rings is 1. The SMILES string of the molecule is CNCCCc1nc(Cc2ccccc2C(F)(F)F)no1. The molecular weight excluding hydrogens is 283 g/mol. The summed E-state index contributed by atoms with van der Waals surface area (Å²) < 4.78 is 43.7. The summed E-state index contributed by atoms with van der Waals surface area (Å²) in [6.45, 7) is 0.814. The van der Waals surface area contributed by atoms with Gasteiger partial charge in [0.2, 0.25) is 5.89 Å². The quantitative estimate of drug-likeness (QED) is 0.833. The first-order valence-corrected chi connectivity index (χ1v) is 6.62. The summed E-state index contributed by atoms with van der Waals surface area (Å²) in [7, 11) is 1.84. The molecule has 0 saturated heterocycles. The second-order valence-corrected chi connectivity index (χ2v) is 4.64. The Labute approximate surface area is 120 Å². The van der Waals surface area contributed by atoms with Crippen molar-refractivity contribution in [2.24, 2.45) is 0 Å². The lowest BCUT2D eigenvalue weighted by atomic mass is 10.0. The van der Waals surface area contributed by atoms with Crippen LogP contribution in [0, 0.1) is 0 Å². The molecule has 1 aromatic carbocycles. The second kappa shape index (κ2) is 6.71. The van der Waals surface area contributed by atoms with Crippen LogP contribution in [0.1, 0.15) is 29.3 Å². The van der Waals surface area contributed by atoms with E-state index < -0.39 is 11.7 Å². The minimum atomic E-state index is -4.38. The van der Waals surface area contributed by atoms with Gasteiger partial charge in [-0.05, 0) is 31.6 Å². The average Bonchev–Trinajstić information content (AvgIpc) is 2.86. The summed E-state index contributed by atoms with van der Waals surface area (Å²) in [5.41, 5.74) is -0.515. The van der Waals surface area contributed by atoms with Gasteiger partial charge in [0, 0.05) is 12.8 Å². The lowest BCUT2D eigenvalue weighted by Gasteiger charge is -2.10. The van der Waals surface area contributed by atoms with Gasteiger partial charge in [0.05, 0.1) is 5.56 Å². The summed E-state index contributed by atoms with van der Waals surface area (Å²) in [4.78, 5) is 4.13. The number of aryl methyl sites for hydroxylation is 1. The van der Waals surface area contributed by atoms with E-state index in [1.165, 1.54) is 12.1 Å². The number of hydrogen-bond acceptors (Lipinski definition) is 4. The molecule has 4 nitrogen and oxygen atoms in total. The zero-order valence-corrected chi connectivity index (χ0v) is 11.6. The smallest absolute Gasteiger partial charge is 0.339 e. The average molecular weight is 299 g/mol. The first kappa shape index (κ1) is 15.5.